The fourth-order valence-corrected chi connectivity index (χ4v) is 15.4. The standard InChI is InChI=1S/6C19H23NO.2C7H8.2Yb/c6*1-13(2)16-11-8-12-17(14(3)4)18(16)20-19(21)15-9-6-5-7-10-15;2*1-7-5-3-2-4-6-7;;/h6*5-14H,1-4H3,(H,20,21);2*2-6H,1H3;;/q;;;;;;;;2*+3/p-6. The van der Waals surface area contributed by atoms with E-state index in [0.717, 1.165) is 101 Å². The van der Waals surface area contributed by atoms with Gasteiger partial charge in [-0.25, -0.2) is 0 Å². The van der Waals surface area contributed by atoms with Crippen molar-refractivity contribution in [2.75, 3.05) is 0 Å². The van der Waals surface area contributed by atoms with Crippen molar-refractivity contribution in [2.45, 2.75) is 251 Å². The topological polar surface area (TPSA) is 213 Å². The first-order valence-electron chi connectivity index (χ1n) is 49.5. The summed E-state index contributed by atoms with van der Waals surface area (Å²) in [7, 11) is 0. The Morgan fingerprint density at radius 3 is 0.310 bits per heavy atom. The molecule has 0 saturated heterocycles. The molecule has 0 fully saturated rings. The van der Waals surface area contributed by atoms with Crippen LogP contribution in [0.15, 0.2) is 382 Å². The summed E-state index contributed by atoms with van der Waals surface area (Å²) < 4.78 is 0. The zero-order valence-corrected chi connectivity index (χ0v) is 91.5. The molecule has 14 rings (SSSR count). The summed E-state index contributed by atoms with van der Waals surface area (Å²) in [5.74, 6) is 3.01. The van der Waals surface area contributed by atoms with Crippen LogP contribution in [0.4, 0.5) is 34.1 Å². The Morgan fingerprint density at radius 2 is 0.232 bits per heavy atom. The normalized spacial score (nSPS) is 11.7. The van der Waals surface area contributed by atoms with E-state index in [4.69, 9.17) is 0 Å². The van der Waals surface area contributed by atoms with Crippen LogP contribution in [0.2, 0.25) is 0 Å². The largest absolute Gasteiger partial charge is 3.00 e. The molecule has 0 unspecified atom stereocenters. The van der Waals surface area contributed by atoms with Gasteiger partial charge in [0.1, 0.15) is 0 Å². The Kier molecular flexibility index (Phi) is 54.0. The van der Waals surface area contributed by atoms with E-state index >= 15 is 0 Å². The second-order valence-electron chi connectivity index (χ2n) is 38.6. The van der Waals surface area contributed by atoms with Crippen LogP contribution >= 0.6 is 0 Å². The van der Waals surface area contributed by atoms with Crippen LogP contribution in [-0.4, -0.2) is 35.4 Å². The first kappa shape index (κ1) is 121. The molecular weight excluding hydrogens is 2060 g/mol. The maximum atomic E-state index is 12.4. The average molecular weight is 2210 g/mol. The van der Waals surface area contributed by atoms with Gasteiger partial charge in [0.2, 0.25) is 0 Å². The molecule has 12 nitrogen and oxygen atoms in total. The first-order chi connectivity index (χ1) is 66.8. The van der Waals surface area contributed by atoms with Crippen molar-refractivity contribution in [3.8, 4) is 0 Å². The van der Waals surface area contributed by atoms with Gasteiger partial charge >= 0.3 is 93.8 Å². The van der Waals surface area contributed by atoms with Gasteiger partial charge < -0.3 is 30.6 Å². The predicted octanol–water partition coefficient (Wildman–Crippen LogP) is 30.2. The van der Waals surface area contributed by atoms with E-state index in [1.807, 2.05) is 146 Å². The van der Waals surface area contributed by atoms with E-state index in [2.05, 4.69) is 343 Å². The van der Waals surface area contributed by atoms with Gasteiger partial charge in [0.15, 0.2) is 0 Å². The molecular formula is C128H148N6O6Yb2. The van der Waals surface area contributed by atoms with Gasteiger partial charge in [-0.2, -0.15) is 0 Å². The molecule has 0 saturated carbocycles. The molecule has 754 valence electrons. The van der Waals surface area contributed by atoms with E-state index < -0.39 is 0 Å². The Balaban J connectivity index is 0.000000291. The molecule has 0 aliphatic rings. The summed E-state index contributed by atoms with van der Waals surface area (Å²) >= 11 is 0. The van der Waals surface area contributed by atoms with E-state index in [1.165, 1.54) is 11.1 Å². The summed E-state index contributed by atoms with van der Waals surface area (Å²) in [5.41, 5.74) is 25.0. The summed E-state index contributed by atoms with van der Waals surface area (Å²) in [6.07, 6.45) is 0. The molecule has 142 heavy (non-hydrogen) atoms. The van der Waals surface area contributed by atoms with Crippen molar-refractivity contribution in [1.29, 1.82) is 0 Å². The fourth-order valence-electron chi connectivity index (χ4n) is 15.4. The molecule has 0 bridgehead atoms. The third kappa shape index (κ3) is 38.9. The Morgan fingerprint density at radius 1 is 0.141 bits per heavy atom. The van der Waals surface area contributed by atoms with Gasteiger partial charge in [-0.05, 0) is 220 Å². The molecule has 14 aromatic rings. The number of aliphatic imine (C=N–C) groups is 6. The van der Waals surface area contributed by atoms with Gasteiger partial charge in [-0.3, -0.25) is 30.0 Å². The van der Waals surface area contributed by atoms with Crippen molar-refractivity contribution in [3.63, 3.8) is 0 Å². The van der Waals surface area contributed by atoms with E-state index in [9.17, 15) is 30.6 Å². The minimum absolute atomic E-state index is 0. The number of hydrogen-bond donors (Lipinski definition) is 0. The smallest absolute Gasteiger partial charge is 0.858 e. The molecule has 0 heterocycles. The van der Waals surface area contributed by atoms with Crippen LogP contribution in [0.5, 0.6) is 0 Å². The van der Waals surface area contributed by atoms with Crippen LogP contribution < -0.4 is 30.6 Å². The van der Waals surface area contributed by atoms with E-state index in [-0.39, 0.29) is 129 Å². The maximum absolute atomic E-state index is 12.4. The van der Waals surface area contributed by atoms with Crippen LogP contribution in [0.3, 0.4) is 0 Å². The van der Waals surface area contributed by atoms with Crippen LogP contribution in [0, 0.1) is 108 Å². The number of aryl methyl sites for hydroxylation is 2. The minimum atomic E-state index is -0.175. The van der Waals surface area contributed by atoms with Crippen LogP contribution in [0.25, 0.3) is 0 Å². The van der Waals surface area contributed by atoms with E-state index in [0.29, 0.717) is 104 Å². The summed E-state index contributed by atoms with van der Waals surface area (Å²) in [5, 5.41) is 74.4. The number of nitrogens with zero attached hydrogens (tertiary/aromatic N) is 6. The summed E-state index contributed by atoms with van der Waals surface area (Å²) in [6.45, 7) is 55.3. The molecule has 0 aromatic heterocycles. The SMILES string of the molecule is CC(C)c1cccc(C(C)C)c1N=C([O-])c1ccccc1.CC(C)c1cccc(C(C)C)c1N=C([O-])c1ccccc1.CC(C)c1cccc(C(C)C)c1N=C([O-])c1ccccc1.CC(C)c1cccc(C(C)C)c1N=C([O-])c1ccccc1.CC(C)c1cccc(C(C)C)c1N=C([O-])c1ccccc1.CC(C)c1cccc(C(C)C)c1N=C([O-])c1ccccc1.Cc1ccccc1.Cc1ccccc1.[Yb+3].[Yb+3]. The van der Waals surface area contributed by atoms with E-state index in [1.54, 1.807) is 72.8 Å². The number of para-hydroxylation sites is 6. The first-order valence-corrected chi connectivity index (χ1v) is 49.5. The third-order valence-electron chi connectivity index (χ3n) is 23.3. The van der Waals surface area contributed by atoms with Gasteiger partial charge in [-0.1, -0.05) is 529 Å². The van der Waals surface area contributed by atoms with Gasteiger partial charge in [0.25, 0.3) is 0 Å². The quantitative estimate of drug-likeness (QED) is 0.0424. The molecule has 14 aromatic carbocycles. The number of benzene rings is 14. The molecule has 0 atom stereocenters. The Labute approximate surface area is 928 Å². The van der Waals surface area contributed by atoms with Crippen molar-refractivity contribution >= 4 is 69.5 Å². The Bertz CT molecular complexity index is 5170. The van der Waals surface area contributed by atoms with Crippen LogP contribution in [0.1, 0.15) is 348 Å². The number of hydrogen-bond acceptors (Lipinski definition) is 12. The molecule has 0 spiro atoms. The molecule has 2 radical (unpaired) electrons. The molecule has 0 amide bonds. The van der Waals surface area contributed by atoms with Crippen molar-refractivity contribution in [1.82, 2.24) is 0 Å². The Hall–Kier alpha value is -11.1. The zero-order chi connectivity index (χ0) is 103. The minimum Gasteiger partial charge on any atom is -0.858 e. The second-order valence-corrected chi connectivity index (χ2v) is 38.6. The molecule has 0 aliphatic heterocycles. The van der Waals surface area contributed by atoms with Gasteiger partial charge in [-0.15, -0.1) is 0 Å². The monoisotopic (exact) mass is 2210 g/mol. The molecule has 0 N–H and O–H groups in total. The second kappa shape index (κ2) is 63.2. The van der Waals surface area contributed by atoms with Crippen molar-refractivity contribution in [3.05, 3.63) is 463 Å². The zero-order valence-electron chi connectivity index (χ0n) is 88.1. The predicted molar refractivity (Wildman–Crippen MR) is 586 cm³/mol. The van der Waals surface area contributed by atoms with Gasteiger partial charge in [0, 0.05) is 0 Å². The summed E-state index contributed by atoms with van der Waals surface area (Å²) in [6, 6.07) is 113. The molecule has 0 aliphatic carbocycles. The van der Waals surface area contributed by atoms with Crippen molar-refractivity contribution < 1.29 is 124 Å². The maximum Gasteiger partial charge on any atom is 3.00 e. The fraction of sp³-hybridized carbons (Fsp3) is 0.297. The third-order valence-corrected chi connectivity index (χ3v) is 23.3. The average Bonchev–Trinajstić information content (AvgIpc) is 0.836. The number of rotatable bonds is 24. The molecule has 14 heteroatoms. The summed E-state index contributed by atoms with van der Waals surface area (Å²) in [4.78, 5) is 26.6. The van der Waals surface area contributed by atoms with Gasteiger partial charge in [0.05, 0.1) is 34.1 Å². The van der Waals surface area contributed by atoms with Crippen molar-refractivity contribution in [2.24, 2.45) is 30.0 Å². The van der Waals surface area contributed by atoms with Crippen LogP contribution in [-0.2, 0) is 0 Å².